The highest BCUT2D eigenvalue weighted by Gasteiger charge is 2.22. The number of thiazole rings is 1. The molecule has 0 saturated carbocycles. The topological polar surface area (TPSA) is 61.4 Å². The molecule has 3 rings (SSSR count). The lowest BCUT2D eigenvalue weighted by Crippen LogP contribution is -2.50. The Morgan fingerprint density at radius 3 is 2.68 bits per heavy atom. The van der Waals surface area contributed by atoms with Gasteiger partial charge in [-0.1, -0.05) is 0 Å². The second-order valence-corrected chi connectivity index (χ2v) is 5.87. The van der Waals surface area contributed by atoms with Crippen molar-refractivity contribution >= 4 is 28.3 Å². The zero-order valence-corrected chi connectivity index (χ0v) is 12.9. The maximum atomic E-state index is 12.8. The van der Waals surface area contributed by atoms with Crippen LogP contribution >= 0.6 is 11.3 Å². The number of piperazine rings is 1. The Hall–Kier alpha value is -2.22. The first kappa shape index (κ1) is 14.7. The smallest absolute Gasteiger partial charge is 0.323 e. The molecule has 0 spiro atoms. The Labute approximate surface area is 131 Å². The lowest BCUT2D eigenvalue weighted by atomic mass is 10.3. The van der Waals surface area contributed by atoms with Crippen LogP contribution in [0.2, 0.25) is 0 Å². The first-order valence-corrected chi connectivity index (χ1v) is 7.84. The number of carbonyl (C=O) groups is 1. The van der Waals surface area contributed by atoms with E-state index in [9.17, 15) is 9.18 Å². The second kappa shape index (κ2) is 6.27. The lowest BCUT2D eigenvalue weighted by Gasteiger charge is -2.34. The zero-order valence-electron chi connectivity index (χ0n) is 12.1. The molecule has 0 unspecified atom stereocenters. The van der Waals surface area contributed by atoms with E-state index in [1.165, 1.54) is 12.1 Å². The van der Waals surface area contributed by atoms with Crippen molar-refractivity contribution in [3.8, 4) is 0 Å². The first-order valence-electron chi connectivity index (χ1n) is 6.96. The Morgan fingerprint density at radius 2 is 2.09 bits per heavy atom. The predicted molar refractivity (Wildman–Crippen MR) is 83.9 cm³/mol. The highest BCUT2D eigenvalue weighted by molar-refractivity contribution is 7.13. The van der Waals surface area contributed by atoms with E-state index < -0.39 is 5.82 Å². The van der Waals surface area contributed by atoms with E-state index in [2.05, 4.69) is 20.2 Å². The minimum Gasteiger partial charge on any atom is -0.345 e. The van der Waals surface area contributed by atoms with Gasteiger partial charge in [-0.25, -0.2) is 19.2 Å². The molecule has 116 valence electrons. The van der Waals surface area contributed by atoms with Crippen LogP contribution in [-0.2, 0) is 0 Å². The molecule has 0 aromatic carbocycles. The van der Waals surface area contributed by atoms with E-state index >= 15 is 0 Å². The second-order valence-electron chi connectivity index (χ2n) is 5.04. The monoisotopic (exact) mass is 321 g/mol. The van der Waals surface area contributed by atoms with E-state index in [4.69, 9.17) is 0 Å². The van der Waals surface area contributed by atoms with Gasteiger partial charge < -0.3 is 9.80 Å². The van der Waals surface area contributed by atoms with E-state index in [0.29, 0.717) is 18.9 Å². The molecule has 0 aliphatic carbocycles. The van der Waals surface area contributed by atoms with Crippen molar-refractivity contribution in [3.63, 3.8) is 0 Å². The molecular weight excluding hydrogens is 305 g/mol. The number of urea groups is 1. The van der Waals surface area contributed by atoms with E-state index in [-0.39, 0.29) is 6.03 Å². The zero-order chi connectivity index (χ0) is 15.5. The molecule has 2 aromatic rings. The van der Waals surface area contributed by atoms with Gasteiger partial charge in [-0.05, 0) is 19.1 Å². The van der Waals surface area contributed by atoms with Gasteiger partial charge in [0, 0.05) is 31.6 Å². The average molecular weight is 321 g/mol. The number of carbonyl (C=O) groups excluding carboxylic acids is 1. The van der Waals surface area contributed by atoms with Crippen LogP contribution in [-0.4, -0.2) is 47.1 Å². The minimum absolute atomic E-state index is 0.214. The molecular formula is C14H16FN5OS. The standard InChI is InChI=1S/C14H16FN5OS/c1-10-9-22-14(17-10)20-6-4-19(5-7-20)13(21)18-12-3-2-11(15)8-16-12/h2-3,8-9H,4-7H2,1H3,(H,16,18,21). The molecule has 22 heavy (non-hydrogen) atoms. The molecule has 1 aliphatic rings. The van der Waals surface area contributed by atoms with Crippen molar-refractivity contribution < 1.29 is 9.18 Å². The van der Waals surface area contributed by atoms with Gasteiger partial charge in [0.05, 0.1) is 11.9 Å². The first-order chi connectivity index (χ1) is 10.6. The third-order valence-corrected chi connectivity index (χ3v) is 4.43. The normalized spacial score (nSPS) is 15.0. The van der Waals surface area contributed by atoms with Crippen molar-refractivity contribution in [1.82, 2.24) is 14.9 Å². The number of halogens is 1. The Kier molecular flexibility index (Phi) is 4.19. The Morgan fingerprint density at radius 1 is 1.32 bits per heavy atom. The van der Waals surface area contributed by atoms with Crippen LogP contribution in [0, 0.1) is 12.7 Å². The molecule has 1 fully saturated rings. The van der Waals surface area contributed by atoms with Crippen molar-refractivity contribution in [1.29, 1.82) is 0 Å². The van der Waals surface area contributed by atoms with Gasteiger partial charge in [0.25, 0.3) is 0 Å². The fourth-order valence-electron chi connectivity index (χ4n) is 2.23. The van der Waals surface area contributed by atoms with Crippen LogP contribution in [0.15, 0.2) is 23.7 Å². The maximum Gasteiger partial charge on any atom is 0.323 e. The third-order valence-electron chi connectivity index (χ3n) is 3.41. The van der Waals surface area contributed by atoms with Crippen molar-refractivity contribution in [2.45, 2.75) is 6.92 Å². The average Bonchev–Trinajstić information content (AvgIpc) is 2.96. The van der Waals surface area contributed by atoms with Gasteiger partial charge in [0.1, 0.15) is 11.6 Å². The molecule has 0 radical (unpaired) electrons. The number of nitrogens with one attached hydrogen (secondary N) is 1. The molecule has 1 N–H and O–H groups in total. The van der Waals surface area contributed by atoms with Gasteiger partial charge >= 0.3 is 6.03 Å². The number of anilines is 2. The van der Waals surface area contributed by atoms with Crippen molar-refractivity contribution in [3.05, 3.63) is 35.2 Å². The number of amides is 2. The highest BCUT2D eigenvalue weighted by atomic mass is 32.1. The summed E-state index contributed by atoms with van der Waals surface area (Å²) in [7, 11) is 0. The van der Waals surface area contributed by atoms with Crippen molar-refractivity contribution in [2.24, 2.45) is 0 Å². The predicted octanol–water partition coefficient (Wildman–Crippen LogP) is 2.34. The number of hydrogen-bond acceptors (Lipinski definition) is 5. The van der Waals surface area contributed by atoms with Gasteiger partial charge in [-0.15, -0.1) is 11.3 Å². The summed E-state index contributed by atoms with van der Waals surface area (Å²) in [6, 6.07) is 2.50. The fraction of sp³-hybridized carbons (Fsp3) is 0.357. The summed E-state index contributed by atoms with van der Waals surface area (Å²) in [5, 5.41) is 5.70. The number of rotatable bonds is 2. The summed E-state index contributed by atoms with van der Waals surface area (Å²) in [5.74, 6) is -0.0743. The number of aromatic nitrogens is 2. The fourth-order valence-corrected chi connectivity index (χ4v) is 3.08. The van der Waals surface area contributed by atoms with Crippen LogP contribution in [0.1, 0.15) is 5.69 Å². The van der Waals surface area contributed by atoms with E-state index in [1.807, 2.05) is 12.3 Å². The van der Waals surface area contributed by atoms with Gasteiger partial charge in [0.2, 0.25) is 0 Å². The molecule has 6 nitrogen and oxygen atoms in total. The summed E-state index contributed by atoms with van der Waals surface area (Å²) < 4.78 is 12.8. The van der Waals surface area contributed by atoms with Gasteiger partial charge in [0.15, 0.2) is 5.13 Å². The number of aryl methyl sites for hydroxylation is 1. The van der Waals surface area contributed by atoms with Crippen LogP contribution in [0.3, 0.4) is 0 Å². The maximum absolute atomic E-state index is 12.8. The SMILES string of the molecule is Cc1csc(N2CCN(C(=O)Nc3ccc(F)cn3)CC2)n1. The van der Waals surface area contributed by atoms with Crippen LogP contribution in [0.5, 0.6) is 0 Å². The molecule has 2 aromatic heterocycles. The third kappa shape index (κ3) is 3.33. The summed E-state index contributed by atoms with van der Waals surface area (Å²) in [4.78, 5) is 24.3. The quantitative estimate of drug-likeness (QED) is 0.922. The summed E-state index contributed by atoms with van der Waals surface area (Å²) >= 11 is 1.62. The van der Waals surface area contributed by atoms with E-state index in [0.717, 1.165) is 30.1 Å². The number of pyridine rings is 1. The summed E-state index contributed by atoms with van der Waals surface area (Å²) in [6.45, 7) is 4.70. The van der Waals surface area contributed by atoms with Gasteiger partial charge in [-0.2, -0.15) is 0 Å². The van der Waals surface area contributed by atoms with Crippen LogP contribution in [0.4, 0.5) is 20.1 Å². The number of nitrogens with zero attached hydrogens (tertiary/aromatic N) is 4. The minimum atomic E-state index is -0.426. The molecule has 0 bridgehead atoms. The molecule has 1 saturated heterocycles. The molecule has 1 aliphatic heterocycles. The molecule has 0 atom stereocenters. The van der Waals surface area contributed by atoms with Crippen LogP contribution in [0.25, 0.3) is 0 Å². The summed E-state index contributed by atoms with van der Waals surface area (Å²) in [6.07, 6.45) is 1.08. The molecule has 8 heteroatoms. The highest BCUT2D eigenvalue weighted by Crippen LogP contribution is 2.21. The largest absolute Gasteiger partial charge is 0.345 e. The molecule has 3 heterocycles. The number of hydrogen-bond donors (Lipinski definition) is 1. The van der Waals surface area contributed by atoms with Crippen molar-refractivity contribution in [2.75, 3.05) is 36.4 Å². The van der Waals surface area contributed by atoms with E-state index in [1.54, 1.807) is 16.2 Å². The molecule has 2 amide bonds. The lowest BCUT2D eigenvalue weighted by molar-refractivity contribution is 0.208. The Bertz CT molecular complexity index is 652. The van der Waals surface area contributed by atoms with Crippen LogP contribution < -0.4 is 10.2 Å². The Balaban J connectivity index is 1.54. The summed E-state index contributed by atoms with van der Waals surface area (Å²) in [5.41, 5.74) is 1.02. The van der Waals surface area contributed by atoms with Gasteiger partial charge in [-0.3, -0.25) is 5.32 Å².